The third kappa shape index (κ3) is 3.70. The van der Waals surface area contributed by atoms with Crippen molar-refractivity contribution in [2.45, 2.75) is 31.5 Å². The molecule has 0 atom stereocenters. The van der Waals surface area contributed by atoms with Gasteiger partial charge in [0.1, 0.15) is 11.6 Å². The lowest BCUT2D eigenvalue weighted by Crippen LogP contribution is -2.24. The van der Waals surface area contributed by atoms with Gasteiger partial charge in [0, 0.05) is 12.1 Å². The molecule has 2 rings (SSSR count). The minimum absolute atomic E-state index is 0.206. The van der Waals surface area contributed by atoms with Gasteiger partial charge in [-0.3, -0.25) is 0 Å². The number of benzene rings is 1. The Balaban J connectivity index is 2.30. The Morgan fingerprint density at radius 2 is 1.91 bits per heavy atom. The second-order valence-electron chi connectivity index (χ2n) is 4.77. The number of sulfonamides is 1. The molecule has 0 unspecified atom stereocenters. The van der Waals surface area contributed by atoms with Crippen LogP contribution in [0.1, 0.15) is 22.6 Å². The standard InChI is InChI=1S/C13H12F4N2O3S/c1-7-10(8(2)22-19-7)6-18-23(20,21)9-3-4-12(14)11(5-9)13(15,16)17/h3-5,18H,6H2,1-2H3. The van der Waals surface area contributed by atoms with Gasteiger partial charge < -0.3 is 4.52 Å². The monoisotopic (exact) mass is 352 g/mol. The van der Waals surface area contributed by atoms with Gasteiger partial charge in [-0.2, -0.15) is 13.2 Å². The Labute approximate surface area is 129 Å². The number of rotatable bonds is 4. The van der Waals surface area contributed by atoms with Crippen molar-refractivity contribution in [3.63, 3.8) is 0 Å². The molecule has 1 aromatic heterocycles. The summed E-state index contributed by atoms with van der Waals surface area (Å²) in [4.78, 5) is -0.682. The fraction of sp³-hybridized carbons (Fsp3) is 0.308. The van der Waals surface area contributed by atoms with E-state index in [2.05, 4.69) is 9.88 Å². The van der Waals surface area contributed by atoms with E-state index in [0.717, 1.165) is 6.07 Å². The number of nitrogens with zero attached hydrogens (tertiary/aromatic N) is 1. The summed E-state index contributed by atoms with van der Waals surface area (Å²) in [5.41, 5.74) is -0.704. The van der Waals surface area contributed by atoms with Crippen LogP contribution in [0.15, 0.2) is 27.6 Å². The predicted octanol–water partition coefficient (Wildman–Crippen LogP) is 2.93. The molecule has 126 valence electrons. The van der Waals surface area contributed by atoms with Gasteiger partial charge in [0.2, 0.25) is 10.0 Å². The number of halogens is 4. The summed E-state index contributed by atoms with van der Waals surface area (Å²) in [5.74, 6) is -1.15. The largest absolute Gasteiger partial charge is 0.419 e. The molecule has 0 bridgehead atoms. The van der Waals surface area contributed by atoms with Crippen LogP contribution in [0.3, 0.4) is 0 Å². The van der Waals surface area contributed by atoms with E-state index >= 15 is 0 Å². The molecule has 0 amide bonds. The number of alkyl halides is 3. The SMILES string of the molecule is Cc1noc(C)c1CNS(=O)(=O)c1ccc(F)c(C(F)(F)F)c1. The van der Waals surface area contributed by atoms with Crippen LogP contribution >= 0.6 is 0 Å². The highest BCUT2D eigenvalue weighted by atomic mass is 32.2. The quantitative estimate of drug-likeness (QED) is 0.859. The molecule has 0 aliphatic heterocycles. The normalized spacial score (nSPS) is 12.6. The zero-order valence-corrected chi connectivity index (χ0v) is 12.8. The molecule has 5 nitrogen and oxygen atoms in total. The molecular weight excluding hydrogens is 340 g/mol. The number of aromatic nitrogens is 1. The minimum Gasteiger partial charge on any atom is -0.361 e. The van der Waals surface area contributed by atoms with Crippen LogP contribution in [-0.4, -0.2) is 13.6 Å². The summed E-state index contributed by atoms with van der Waals surface area (Å²) in [6.45, 7) is 2.96. The Morgan fingerprint density at radius 3 is 2.43 bits per heavy atom. The van der Waals surface area contributed by atoms with Gasteiger partial charge in [0.25, 0.3) is 0 Å². The van der Waals surface area contributed by atoms with E-state index in [1.54, 1.807) is 13.8 Å². The van der Waals surface area contributed by atoms with E-state index in [-0.39, 0.29) is 12.6 Å². The first-order chi connectivity index (χ1) is 10.5. The summed E-state index contributed by atoms with van der Waals surface area (Å²) in [6.07, 6.45) is -4.99. The summed E-state index contributed by atoms with van der Waals surface area (Å²) in [7, 11) is -4.26. The van der Waals surface area contributed by atoms with Crippen LogP contribution in [0.5, 0.6) is 0 Å². The predicted molar refractivity (Wildman–Crippen MR) is 71.4 cm³/mol. The Bertz CT molecular complexity index is 809. The maximum absolute atomic E-state index is 13.2. The van der Waals surface area contributed by atoms with Crippen molar-refractivity contribution >= 4 is 10.0 Å². The van der Waals surface area contributed by atoms with Gasteiger partial charge in [-0.05, 0) is 32.0 Å². The van der Waals surface area contributed by atoms with Crippen LogP contribution in [0, 0.1) is 19.7 Å². The molecule has 0 radical (unpaired) electrons. The third-order valence-corrected chi connectivity index (χ3v) is 4.57. The van der Waals surface area contributed by atoms with Crippen LogP contribution < -0.4 is 4.72 Å². The average molecular weight is 352 g/mol. The minimum atomic E-state index is -4.99. The van der Waals surface area contributed by atoms with E-state index in [9.17, 15) is 26.0 Å². The molecule has 0 saturated carbocycles. The Kier molecular flexibility index (Phi) is 4.49. The third-order valence-electron chi connectivity index (χ3n) is 3.17. The van der Waals surface area contributed by atoms with Crippen LogP contribution in [0.2, 0.25) is 0 Å². The van der Waals surface area contributed by atoms with Gasteiger partial charge in [-0.1, -0.05) is 5.16 Å². The van der Waals surface area contributed by atoms with Crippen LogP contribution in [0.25, 0.3) is 0 Å². The summed E-state index contributed by atoms with van der Waals surface area (Å²) in [5, 5.41) is 3.64. The van der Waals surface area contributed by atoms with Crippen molar-refractivity contribution in [1.82, 2.24) is 9.88 Å². The summed E-state index contributed by atoms with van der Waals surface area (Å²) in [6, 6.07) is 1.48. The molecule has 2 aromatic rings. The lowest BCUT2D eigenvalue weighted by Gasteiger charge is -2.11. The van der Waals surface area contributed by atoms with E-state index in [4.69, 9.17) is 4.52 Å². The van der Waals surface area contributed by atoms with E-state index in [0.29, 0.717) is 23.1 Å². The zero-order valence-electron chi connectivity index (χ0n) is 12.0. The van der Waals surface area contributed by atoms with Gasteiger partial charge in [0.15, 0.2) is 0 Å². The van der Waals surface area contributed by atoms with E-state index in [1.807, 2.05) is 0 Å². The molecule has 1 heterocycles. The summed E-state index contributed by atoms with van der Waals surface area (Å²) >= 11 is 0. The van der Waals surface area contributed by atoms with Crippen LogP contribution in [0.4, 0.5) is 17.6 Å². The number of hydrogen-bond donors (Lipinski definition) is 1. The highest BCUT2D eigenvalue weighted by Gasteiger charge is 2.35. The van der Waals surface area contributed by atoms with Gasteiger partial charge in [-0.25, -0.2) is 17.5 Å². The Morgan fingerprint density at radius 1 is 1.26 bits per heavy atom. The van der Waals surface area contributed by atoms with Crippen molar-refractivity contribution in [1.29, 1.82) is 0 Å². The lowest BCUT2D eigenvalue weighted by molar-refractivity contribution is -0.140. The van der Waals surface area contributed by atoms with Gasteiger partial charge in [-0.15, -0.1) is 0 Å². The summed E-state index contributed by atoms with van der Waals surface area (Å²) < 4.78 is 82.4. The van der Waals surface area contributed by atoms with Crippen molar-refractivity contribution in [3.8, 4) is 0 Å². The average Bonchev–Trinajstić information content (AvgIpc) is 2.75. The highest BCUT2D eigenvalue weighted by molar-refractivity contribution is 7.89. The topological polar surface area (TPSA) is 72.2 Å². The van der Waals surface area contributed by atoms with Gasteiger partial charge in [0.05, 0.1) is 16.2 Å². The van der Waals surface area contributed by atoms with Crippen LogP contribution in [-0.2, 0) is 22.7 Å². The lowest BCUT2D eigenvalue weighted by atomic mass is 10.2. The first-order valence-corrected chi connectivity index (χ1v) is 7.79. The molecular formula is C13H12F4N2O3S. The molecule has 0 aliphatic carbocycles. The van der Waals surface area contributed by atoms with Crippen molar-refractivity contribution < 1.29 is 30.5 Å². The molecule has 1 aromatic carbocycles. The van der Waals surface area contributed by atoms with E-state index < -0.39 is 32.5 Å². The highest BCUT2D eigenvalue weighted by Crippen LogP contribution is 2.32. The zero-order chi connectivity index (χ0) is 17.4. The molecule has 0 saturated heterocycles. The smallest absolute Gasteiger partial charge is 0.361 e. The molecule has 0 aliphatic rings. The molecule has 1 N–H and O–H groups in total. The second kappa shape index (κ2) is 5.93. The number of nitrogens with one attached hydrogen (secondary N) is 1. The molecule has 0 fully saturated rings. The molecule has 0 spiro atoms. The maximum Gasteiger partial charge on any atom is 0.419 e. The van der Waals surface area contributed by atoms with Crippen molar-refractivity contribution in [2.24, 2.45) is 0 Å². The van der Waals surface area contributed by atoms with E-state index in [1.165, 1.54) is 0 Å². The fourth-order valence-electron chi connectivity index (χ4n) is 1.89. The number of hydrogen-bond acceptors (Lipinski definition) is 4. The first-order valence-electron chi connectivity index (χ1n) is 6.30. The Hall–Kier alpha value is -1.94. The van der Waals surface area contributed by atoms with Crippen molar-refractivity contribution in [2.75, 3.05) is 0 Å². The first kappa shape index (κ1) is 17.4. The second-order valence-corrected chi connectivity index (χ2v) is 6.53. The molecule has 23 heavy (non-hydrogen) atoms. The van der Waals surface area contributed by atoms with Gasteiger partial charge >= 0.3 is 6.18 Å². The fourth-order valence-corrected chi connectivity index (χ4v) is 2.91. The molecule has 10 heteroatoms. The number of aryl methyl sites for hydroxylation is 2. The maximum atomic E-state index is 13.2. The van der Waals surface area contributed by atoms with Crippen molar-refractivity contribution in [3.05, 3.63) is 46.6 Å².